The quantitative estimate of drug-likeness (QED) is 0.518. The molecule has 0 saturated carbocycles. The van der Waals surface area contributed by atoms with E-state index < -0.39 is 0 Å². The fraction of sp³-hybridized carbons (Fsp3) is 1.00. The first-order valence-electron chi connectivity index (χ1n) is 4.19. The minimum Gasteiger partial charge on any atom is -0.396 e. The zero-order chi connectivity index (χ0) is 8.69. The lowest BCUT2D eigenvalue weighted by atomic mass is 10.2. The van der Waals surface area contributed by atoms with E-state index in [4.69, 9.17) is 10.2 Å². The van der Waals surface area contributed by atoms with E-state index in [1.165, 1.54) is 0 Å². The molecule has 3 N–H and O–H groups in total. The Morgan fingerprint density at radius 2 is 2.00 bits per heavy atom. The van der Waals surface area contributed by atoms with Crippen molar-refractivity contribution in [3.05, 3.63) is 0 Å². The van der Waals surface area contributed by atoms with Crippen molar-refractivity contribution in [3.63, 3.8) is 0 Å². The van der Waals surface area contributed by atoms with Crippen LogP contribution in [0.5, 0.6) is 0 Å². The number of rotatable bonds is 6. The molecule has 0 aromatic carbocycles. The highest BCUT2D eigenvalue weighted by Gasteiger charge is 2.01. The molecule has 0 bridgehead atoms. The Morgan fingerprint density at radius 3 is 2.45 bits per heavy atom. The third-order valence-corrected chi connectivity index (χ3v) is 1.56. The van der Waals surface area contributed by atoms with E-state index in [9.17, 15) is 0 Å². The van der Waals surface area contributed by atoms with E-state index in [0.717, 1.165) is 12.8 Å². The molecule has 0 aliphatic carbocycles. The SMILES string of the molecule is CC(CCCO)NC[C@H](C)O. The highest BCUT2D eigenvalue weighted by molar-refractivity contribution is 4.62. The van der Waals surface area contributed by atoms with Gasteiger partial charge in [0.1, 0.15) is 0 Å². The van der Waals surface area contributed by atoms with Gasteiger partial charge in [0, 0.05) is 19.2 Å². The van der Waals surface area contributed by atoms with Crippen LogP contribution in [0.25, 0.3) is 0 Å². The number of hydrogen-bond donors (Lipinski definition) is 3. The largest absolute Gasteiger partial charge is 0.396 e. The van der Waals surface area contributed by atoms with Crippen LogP contribution >= 0.6 is 0 Å². The van der Waals surface area contributed by atoms with Gasteiger partial charge in [-0.25, -0.2) is 0 Å². The fourth-order valence-electron chi connectivity index (χ4n) is 0.871. The fourth-order valence-corrected chi connectivity index (χ4v) is 0.871. The number of hydrogen-bond acceptors (Lipinski definition) is 3. The molecule has 0 aliphatic rings. The van der Waals surface area contributed by atoms with Gasteiger partial charge in [0.2, 0.25) is 0 Å². The highest BCUT2D eigenvalue weighted by atomic mass is 16.3. The summed E-state index contributed by atoms with van der Waals surface area (Å²) in [7, 11) is 0. The standard InChI is InChI=1S/C8H19NO2/c1-7(4-3-5-10)9-6-8(2)11/h7-11H,3-6H2,1-2H3/t7?,8-/m0/s1. The molecule has 0 fully saturated rings. The van der Waals surface area contributed by atoms with Gasteiger partial charge in [0.15, 0.2) is 0 Å². The molecule has 0 aromatic rings. The second-order valence-corrected chi connectivity index (χ2v) is 3.02. The Bertz CT molecular complexity index is 86.2. The molecule has 3 nitrogen and oxygen atoms in total. The van der Waals surface area contributed by atoms with Crippen molar-refractivity contribution in [3.8, 4) is 0 Å². The van der Waals surface area contributed by atoms with Crippen molar-refractivity contribution in [2.24, 2.45) is 0 Å². The minimum absolute atomic E-state index is 0.251. The molecule has 3 heteroatoms. The molecule has 0 rings (SSSR count). The molecule has 2 atom stereocenters. The van der Waals surface area contributed by atoms with Gasteiger partial charge in [-0.05, 0) is 26.7 Å². The summed E-state index contributed by atoms with van der Waals surface area (Å²) in [6.07, 6.45) is 1.50. The van der Waals surface area contributed by atoms with E-state index in [0.29, 0.717) is 12.6 Å². The van der Waals surface area contributed by atoms with E-state index >= 15 is 0 Å². The number of aliphatic hydroxyl groups is 2. The Hall–Kier alpha value is -0.120. The maximum atomic E-state index is 8.91. The van der Waals surface area contributed by atoms with Crippen molar-refractivity contribution in [1.29, 1.82) is 0 Å². The zero-order valence-corrected chi connectivity index (χ0v) is 7.38. The minimum atomic E-state index is -0.286. The average molecular weight is 161 g/mol. The van der Waals surface area contributed by atoms with Crippen LogP contribution in [-0.2, 0) is 0 Å². The molecule has 0 aliphatic heterocycles. The molecule has 0 aromatic heterocycles. The smallest absolute Gasteiger partial charge is 0.0636 e. The van der Waals surface area contributed by atoms with Gasteiger partial charge in [-0.1, -0.05) is 0 Å². The summed E-state index contributed by atoms with van der Waals surface area (Å²) in [6.45, 7) is 4.69. The first-order valence-corrected chi connectivity index (χ1v) is 4.19. The maximum absolute atomic E-state index is 8.91. The van der Waals surface area contributed by atoms with Crippen LogP contribution in [0.1, 0.15) is 26.7 Å². The summed E-state index contributed by atoms with van der Waals surface area (Å²) in [4.78, 5) is 0. The molecular formula is C8H19NO2. The van der Waals surface area contributed by atoms with Crippen molar-refractivity contribution in [1.82, 2.24) is 5.32 Å². The summed E-state index contributed by atoms with van der Waals surface area (Å²) >= 11 is 0. The van der Waals surface area contributed by atoms with Gasteiger partial charge in [0.05, 0.1) is 6.10 Å². The highest BCUT2D eigenvalue weighted by Crippen LogP contribution is 1.94. The van der Waals surface area contributed by atoms with E-state index in [2.05, 4.69) is 12.2 Å². The number of nitrogens with one attached hydrogen (secondary N) is 1. The lowest BCUT2D eigenvalue weighted by molar-refractivity contribution is 0.185. The normalized spacial score (nSPS) is 16.4. The first-order chi connectivity index (χ1) is 5.16. The van der Waals surface area contributed by atoms with E-state index in [-0.39, 0.29) is 12.7 Å². The van der Waals surface area contributed by atoms with Crippen LogP contribution in [0, 0.1) is 0 Å². The van der Waals surface area contributed by atoms with Crippen LogP contribution in [-0.4, -0.2) is 35.5 Å². The predicted octanol–water partition coefficient (Wildman–Crippen LogP) is 0.118. The monoisotopic (exact) mass is 161 g/mol. The van der Waals surface area contributed by atoms with E-state index in [1.807, 2.05) is 0 Å². The van der Waals surface area contributed by atoms with Crippen molar-refractivity contribution >= 4 is 0 Å². The summed E-state index contributed by atoms with van der Waals surface area (Å²) in [5.41, 5.74) is 0. The molecule has 0 amide bonds. The first kappa shape index (κ1) is 10.9. The van der Waals surface area contributed by atoms with Gasteiger partial charge < -0.3 is 15.5 Å². The molecule has 0 spiro atoms. The second kappa shape index (κ2) is 6.58. The van der Waals surface area contributed by atoms with E-state index in [1.54, 1.807) is 6.92 Å². The van der Waals surface area contributed by atoms with Crippen LogP contribution in [0.4, 0.5) is 0 Å². The third-order valence-electron chi connectivity index (χ3n) is 1.56. The van der Waals surface area contributed by atoms with Crippen LogP contribution in [0.3, 0.4) is 0 Å². The molecule has 0 saturated heterocycles. The topological polar surface area (TPSA) is 52.5 Å². The molecule has 0 heterocycles. The van der Waals surface area contributed by atoms with Crippen LogP contribution in [0.15, 0.2) is 0 Å². The van der Waals surface area contributed by atoms with Crippen molar-refractivity contribution in [2.75, 3.05) is 13.2 Å². The summed E-state index contributed by atoms with van der Waals surface area (Å²) < 4.78 is 0. The van der Waals surface area contributed by atoms with Crippen molar-refractivity contribution < 1.29 is 10.2 Å². The Morgan fingerprint density at radius 1 is 1.36 bits per heavy atom. The zero-order valence-electron chi connectivity index (χ0n) is 7.38. The summed E-state index contributed by atoms with van der Waals surface area (Å²) in [5, 5.41) is 20.6. The molecule has 1 unspecified atom stereocenters. The lowest BCUT2D eigenvalue weighted by Crippen LogP contribution is -2.32. The molecule has 0 radical (unpaired) electrons. The van der Waals surface area contributed by atoms with Gasteiger partial charge in [0.25, 0.3) is 0 Å². The Kier molecular flexibility index (Phi) is 6.51. The maximum Gasteiger partial charge on any atom is 0.0636 e. The van der Waals surface area contributed by atoms with Crippen LogP contribution in [0.2, 0.25) is 0 Å². The van der Waals surface area contributed by atoms with Gasteiger partial charge in [-0.3, -0.25) is 0 Å². The lowest BCUT2D eigenvalue weighted by Gasteiger charge is -2.13. The van der Waals surface area contributed by atoms with Crippen LogP contribution < -0.4 is 5.32 Å². The molecule has 11 heavy (non-hydrogen) atoms. The summed E-state index contributed by atoms with van der Waals surface area (Å²) in [5.74, 6) is 0. The summed E-state index contributed by atoms with van der Waals surface area (Å²) in [6, 6.07) is 0.386. The van der Waals surface area contributed by atoms with Gasteiger partial charge >= 0.3 is 0 Å². The second-order valence-electron chi connectivity index (χ2n) is 3.02. The van der Waals surface area contributed by atoms with Crippen molar-refractivity contribution in [2.45, 2.75) is 38.8 Å². The molecule has 68 valence electrons. The Balaban J connectivity index is 3.15. The van der Waals surface area contributed by atoms with Gasteiger partial charge in [-0.15, -0.1) is 0 Å². The van der Waals surface area contributed by atoms with Gasteiger partial charge in [-0.2, -0.15) is 0 Å². The average Bonchev–Trinajstić information content (AvgIpc) is 1.97. The predicted molar refractivity (Wildman–Crippen MR) is 45.5 cm³/mol. The number of aliphatic hydroxyl groups excluding tert-OH is 2. The Labute approximate surface area is 68.4 Å². The third kappa shape index (κ3) is 7.78. The molecular weight excluding hydrogens is 142 g/mol.